The predicted octanol–water partition coefficient (Wildman–Crippen LogP) is 4.13. The van der Waals surface area contributed by atoms with E-state index in [0.717, 1.165) is 22.0 Å². The van der Waals surface area contributed by atoms with E-state index in [1.807, 2.05) is 42.3 Å². The normalized spacial score (nSPS) is 12.4. The first-order valence-corrected chi connectivity index (χ1v) is 10.6. The molecule has 6 nitrogen and oxygen atoms in total. The van der Waals surface area contributed by atoms with Gasteiger partial charge >= 0.3 is 0 Å². The van der Waals surface area contributed by atoms with Gasteiger partial charge < -0.3 is 10.1 Å². The summed E-state index contributed by atoms with van der Waals surface area (Å²) < 4.78 is 7.32. The van der Waals surface area contributed by atoms with Crippen LogP contribution in [0.4, 0.5) is 5.82 Å². The van der Waals surface area contributed by atoms with Crippen LogP contribution in [0.1, 0.15) is 17.3 Å². The molecule has 1 N–H and O–H groups in total. The molecule has 0 aliphatic carbocycles. The Morgan fingerprint density at radius 3 is 2.81 bits per heavy atom. The Hall–Kier alpha value is -1.64. The van der Waals surface area contributed by atoms with Crippen LogP contribution < -0.4 is 5.32 Å². The van der Waals surface area contributed by atoms with Gasteiger partial charge in [0.25, 0.3) is 0 Å². The van der Waals surface area contributed by atoms with Crippen LogP contribution in [0.2, 0.25) is 0 Å². The average Bonchev–Trinajstić information content (AvgIpc) is 3.08. The molecule has 1 atom stereocenters. The molecule has 0 fully saturated rings. The van der Waals surface area contributed by atoms with Crippen LogP contribution in [-0.2, 0) is 11.3 Å². The summed E-state index contributed by atoms with van der Waals surface area (Å²) in [7, 11) is 0. The van der Waals surface area contributed by atoms with Gasteiger partial charge in [0.1, 0.15) is 5.82 Å². The minimum Gasteiger partial charge on any atom is -0.380 e. The maximum Gasteiger partial charge on any atom is 0.191 e. The number of hydrogen-bond acceptors (Lipinski definition) is 6. The number of nitrogens with one attached hydrogen (secondary N) is 1. The highest BCUT2D eigenvalue weighted by Gasteiger charge is 2.15. The van der Waals surface area contributed by atoms with Crippen molar-refractivity contribution in [2.24, 2.45) is 0 Å². The summed E-state index contributed by atoms with van der Waals surface area (Å²) in [5.41, 5.74) is 2.05. The van der Waals surface area contributed by atoms with Crippen molar-refractivity contribution in [1.82, 2.24) is 19.7 Å². The molecule has 1 unspecified atom stereocenters. The largest absolute Gasteiger partial charge is 0.380 e. The highest BCUT2D eigenvalue weighted by atomic mass is 79.9. The van der Waals surface area contributed by atoms with Gasteiger partial charge in [-0.25, -0.2) is 14.6 Å². The zero-order chi connectivity index (χ0) is 18.4. The highest BCUT2D eigenvalue weighted by Crippen LogP contribution is 2.28. The molecule has 3 rings (SSSR count). The zero-order valence-electron chi connectivity index (χ0n) is 14.9. The van der Waals surface area contributed by atoms with Gasteiger partial charge in [-0.2, -0.15) is 5.10 Å². The number of hydrogen-bond donors (Lipinski definition) is 1. The van der Waals surface area contributed by atoms with E-state index in [1.54, 1.807) is 0 Å². The van der Waals surface area contributed by atoms with Crippen molar-refractivity contribution in [2.75, 3.05) is 31.3 Å². The average molecular weight is 436 g/mol. The lowest BCUT2D eigenvalue weighted by atomic mass is 10.1. The molecule has 0 radical (unpaired) electrons. The Balaban J connectivity index is 1.85. The van der Waals surface area contributed by atoms with E-state index in [0.29, 0.717) is 26.3 Å². The van der Waals surface area contributed by atoms with Crippen molar-refractivity contribution in [3.05, 3.63) is 42.1 Å². The Labute approximate surface area is 165 Å². The minimum absolute atomic E-state index is 0.161. The molecule has 0 spiro atoms. The van der Waals surface area contributed by atoms with Gasteiger partial charge in [-0.1, -0.05) is 58.0 Å². The van der Waals surface area contributed by atoms with Crippen molar-refractivity contribution < 1.29 is 4.74 Å². The number of halogens is 1. The fraction of sp³-hybridized carbons (Fsp3) is 0.389. The summed E-state index contributed by atoms with van der Waals surface area (Å²) in [5, 5.41) is 9.54. The lowest BCUT2D eigenvalue weighted by molar-refractivity contribution is 0.158. The van der Waals surface area contributed by atoms with Crippen molar-refractivity contribution in [3.63, 3.8) is 0 Å². The molecule has 138 valence electrons. The first-order chi connectivity index (χ1) is 12.7. The second-order valence-electron chi connectivity index (χ2n) is 5.62. The number of thioether (sulfide) groups is 1. The second-order valence-corrected chi connectivity index (χ2v) is 7.50. The zero-order valence-corrected chi connectivity index (χ0v) is 17.3. The molecule has 0 aliphatic rings. The van der Waals surface area contributed by atoms with Crippen LogP contribution in [0, 0.1) is 0 Å². The van der Waals surface area contributed by atoms with E-state index >= 15 is 0 Å². The third-order valence-electron chi connectivity index (χ3n) is 3.90. The summed E-state index contributed by atoms with van der Waals surface area (Å²) in [6.07, 6.45) is 3.80. The van der Waals surface area contributed by atoms with Gasteiger partial charge in [0.15, 0.2) is 10.8 Å². The van der Waals surface area contributed by atoms with Crippen LogP contribution in [0.25, 0.3) is 11.0 Å². The number of ether oxygens (including phenoxy) is 1. The lowest BCUT2D eigenvalue weighted by Gasteiger charge is -2.12. The number of fused-ring (bicyclic) bond motifs is 1. The summed E-state index contributed by atoms with van der Waals surface area (Å²) in [4.78, 5) is 9.41. The fourth-order valence-corrected chi connectivity index (χ4v) is 3.54. The number of benzene rings is 1. The first-order valence-electron chi connectivity index (χ1n) is 8.51. The molecular weight excluding hydrogens is 414 g/mol. The van der Waals surface area contributed by atoms with Crippen LogP contribution in [-0.4, -0.2) is 45.8 Å². The number of rotatable bonds is 9. The summed E-state index contributed by atoms with van der Waals surface area (Å²) in [6, 6.07) is 10.3. The van der Waals surface area contributed by atoms with Crippen molar-refractivity contribution in [1.29, 1.82) is 0 Å². The van der Waals surface area contributed by atoms with Crippen molar-refractivity contribution >= 4 is 44.5 Å². The Morgan fingerprint density at radius 1 is 1.27 bits per heavy atom. The van der Waals surface area contributed by atoms with Crippen LogP contribution in [0.15, 0.2) is 41.7 Å². The number of aromatic nitrogens is 4. The predicted molar refractivity (Wildman–Crippen MR) is 110 cm³/mol. The van der Waals surface area contributed by atoms with Gasteiger partial charge in [0.05, 0.1) is 29.6 Å². The molecule has 1 aromatic carbocycles. The van der Waals surface area contributed by atoms with Crippen molar-refractivity contribution in [2.45, 2.75) is 23.5 Å². The number of alkyl halides is 1. The minimum atomic E-state index is 0.161. The van der Waals surface area contributed by atoms with Gasteiger partial charge in [0.2, 0.25) is 0 Å². The number of nitrogens with zero attached hydrogens (tertiary/aromatic N) is 4. The summed E-state index contributed by atoms with van der Waals surface area (Å²) >= 11 is 5.29. The van der Waals surface area contributed by atoms with E-state index in [2.05, 4.69) is 48.4 Å². The van der Waals surface area contributed by atoms with Gasteiger partial charge in [-0.15, -0.1) is 0 Å². The summed E-state index contributed by atoms with van der Waals surface area (Å²) in [5.74, 6) is 0.802. The van der Waals surface area contributed by atoms with E-state index in [1.165, 1.54) is 17.3 Å². The van der Waals surface area contributed by atoms with Crippen molar-refractivity contribution in [3.8, 4) is 0 Å². The van der Waals surface area contributed by atoms with E-state index in [4.69, 9.17) is 4.74 Å². The maximum atomic E-state index is 5.39. The molecule has 3 aromatic rings. The smallest absolute Gasteiger partial charge is 0.191 e. The van der Waals surface area contributed by atoms with Gasteiger partial charge in [-0.05, 0) is 18.7 Å². The second kappa shape index (κ2) is 9.34. The molecule has 2 heterocycles. The third kappa shape index (κ3) is 4.55. The molecule has 2 aromatic heterocycles. The Bertz CT molecular complexity index is 842. The van der Waals surface area contributed by atoms with Crippen LogP contribution >= 0.6 is 27.7 Å². The van der Waals surface area contributed by atoms with E-state index in [9.17, 15) is 0 Å². The topological polar surface area (TPSA) is 64.9 Å². The maximum absolute atomic E-state index is 5.39. The Morgan fingerprint density at radius 2 is 2.08 bits per heavy atom. The molecule has 8 heteroatoms. The third-order valence-corrected chi connectivity index (χ3v) is 5.26. The monoisotopic (exact) mass is 435 g/mol. The van der Waals surface area contributed by atoms with Gasteiger partial charge in [0, 0.05) is 13.2 Å². The lowest BCUT2D eigenvalue weighted by Crippen LogP contribution is -2.12. The standard InChI is InChI=1S/C18H22BrN5OS/c1-3-25-10-9-20-16-14-11-21-24(17(14)23-18(22-16)26-2)12-15(19)13-7-5-4-6-8-13/h4-8,11,15H,3,9-10,12H2,1-2H3,(H,20,22,23). The quantitative estimate of drug-likeness (QED) is 0.236. The first kappa shape index (κ1) is 19.1. The Kier molecular flexibility index (Phi) is 6.87. The van der Waals surface area contributed by atoms with Crippen LogP contribution in [0.5, 0.6) is 0 Å². The molecule has 0 bridgehead atoms. The molecule has 0 amide bonds. The van der Waals surface area contributed by atoms with E-state index in [-0.39, 0.29) is 4.83 Å². The van der Waals surface area contributed by atoms with E-state index < -0.39 is 0 Å². The molecule has 26 heavy (non-hydrogen) atoms. The number of anilines is 1. The molecule has 0 aliphatic heterocycles. The fourth-order valence-electron chi connectivity index (χ4n) is 2.60. The summed E-state index contributed by atoms with van der Waals surface area (Å²) in [6.45, 7) is 4.73. The SMILES string of the molecule is CCOCCNc1nc(SC)nc2c1cnn2CC(Br)c1ccccc1. The molecule has 0 saturated heterocycles. The molecule has 0 saturated carbocycles. The van der Waals surface area contributed by atoms with Gasteiger partial charge in [-0.3, -0.25) is 0 Å². The van der Waals surface area contributed by atoms with Crippen LogP contribution in [0.3, 0.4) is 0 Å². The highest BCUT2D eigenvalue weighted by molar-refractivity contribution is 9.09. The molecular formula is C18H22BrN5OS.